The molecular formula is C18H15N3O. The van der Waals surface area contributed by atoms with Crippen molar-refractivity contribution < 1.29 is 5.11 Å². The fourth-order valence-corrected chi connectivity index (χ4v) is 2.44. The lowest BCUT2D eigenvalue weighted by molar-refractivity contribution is 0.477. The van der Waals surface area contributed by atoms with Crippen LogP contribution in [0, 0.1) is 11.8 Å². The number of nitrogens with one attached hydrogen (secondary N) is 1. The maximum Gasteiger partial charge on any atom is 0.156 e. The van der Waals surface area contributed by atoms with Crippen molar-refractivity contribution in [3.63, 3.8) is 0 Å². The normalized spacial score (nSPS) is 10.1. The highest BCUT2D eigenvalue weighted by Gasteiger charge is 2.13. The molecule has 0 aliphatic carbocycles. The molecular weight excluding hydrogens is 274 g/mol. The molecule has 0 saturated carbocycles. The van der Waals surface area contributed by atoms with Crippen molar-refractivity contribution in [1.82, 2.24) is 10.2 Å². The van der Waals surface area contributed by atoms with E-state index in [-0.39, 0.29) is 5.75 Å². The smallest absolute Gasteiger partial charge is 0.156 e. The second-order valence-corrected chi connectivity index (χ2v) is 4.80. The summed E-state index contributed by atoms with van der Waals surface area (Å²) >= 11 is 0. The quantitative estimate of drug-likeness (QED) is 0.710. The molecule has 2 N–H and O–H groups in total. The fraction of sp³-hybridized carbons (Fsp3) is 0.111. The van der Waals surface area contributed by atoms with Crippen LogP contribution in [0.25, 0.3) is 22.0 Å². The number of rotatable bonds is 2. The summed E-state index contributed by atoms with van der Waals surface area (Å²) < 4.78 is 0. The molecule has 0 saturated heterocycles. The molecule has 0 atom stereocenters. The van der Waals surface area contributed by atoms with Gasteiger partial charge in [0.25, 0.3) is 0 Å². The maximum atomic E-state index is 10.3. The molecule has 0 bridgehead atoms. The average Bonchev–Trinajstić information content (AvgIpc) is 2.55. The van der Waals surface area contributed by atoms with E-state index in [1.165, 1.54) is 0 Å². The Morgan fingerprint density at radius 2 is 1.82 bits per heavy atom. The first-order chi connectivity index (χ1) is 10.7. The van der Waals surface area contributed by atoms with Crippen molar-refractivity contribution in [2.75, 3.05) is 12.4 Å². The Bertz CT molecular complexity index is 907. The van der Waals surface area contributed by atoms with Gasteiger partial charge in [-0.15, -0.1) is 16.1 Å². The van der Waals surface area contributed by atoms with Crippen molar-refractivity contribution in [3.8, 4) is 28.8 Å². The average molecular weight is 289 g/mol. The number of aromatic hydroxyl groups is 1. The van der Waals surface area contributed by atoms with Gasteiger partial charge in [0, 0.05) is 28.9 Å². The van der Waals surface area contributed by atoms with Crippen molar-refractivity contribution in [2.45, 2.75) is 6.92 Å². The number of phenolic OH excluding ortho intramolecular Hbond substituents is 1. The minimum atomic E-state index is 0.150. The van der Waals surface area contributed by atoms with Gasteiger partial charge in [0.2, 0.25) is 0 Å². The van der Waals surface area contributed by atoms with E-state index in [4.69, 9.17) is 0 Å². The number of aromatic nitrogens is 2. The molecule has 4 heteroatoms. The van der Waals surface area contributed by atoms with Crippen LogP contribution in [0.4, 0.5) is 5.82 Å². The topological polar surface area (TPSA) is 58.0 Å². The second kappa shape index (κ2) is 5.74. The van der Waals surface area contributed by atoms with E-state index in [1.807, 2.05) is 43.4 Å². The summed E-state index contributed by atoms with van der Waals surface area (Å²) in [5.41, 5.74) is 2.07. The molecule has 4 nitrogen and oxygen atoms in total. The molecule has 0 spiro atoms. The van der Waals surface area contributed by atoms with Crippen molar-refractivity contribution in [3.05, 3.63) is 48.0 Å². The third-order valence-electron chi connectivity index (χ3n) is 3.45. The van der Waals surface area contributed by atoms with Gasteiger partial charge in [0.1, 0.15) is 11.4 Å². The lowest BCUT2D eigenvalue weighted by Gasteiger charge is -2.10. The molecule has 2 aromatic carbocycles. The van der Waals surface area contributed by atoms with Crippen LogP contribution in [0.2, 0.25) is 0 Å². The SMILES string of the molecule is CC#Cc1ccc(-c2nnc(NC)c3ccccc23)c(O)c1. The number of fused-ring (bicyclic) bond motifs is 1. The van der Waals surface area contributed by atoms with E-state index in [9.17, 15) is 5.11 Å². The van der Waals surface area contributed by atoms with Crippen LogP contribution in [0.15, 0.2) is 42.5 Å². The largest absolute Gasteiger partial charge is 0.507 e. The van der Waals surface area contributed by atoms with Crippen molar-refractivity contribution in [2.24, 2.45) is 0 Å². The minimum Gasteiger partial charge on any atom is -0.507 e. The van der Waals surface area contributed by atoms with Gasteiger partial charge >= 0.3 is 0 Å². The first kappa shape index (κ1) is 13.9. The summed E-state index contributed by atoms with van der Waals surface area (Å²) in [5, 5.41) is 23.7. The van der Waals surface area contributed by atoms with Crippen LogP contribution >= 0.6 is 0 Å². The highest BCUT2D eigenvalue weighted by atomic mass is 16.3. The van der Waals surface area contributed by atoms with Gasteiger partial charge in [-0.25, -0.2) is 0 Å². The van der Waals surface area contributed by atoms with E-state index in [0.29, 0.717) is 17.1 Å². The first-order valence-corrected chi connectivity index (χ1v) is 6.94. The third-order valence-corrected chi connectivity index (χ3v) is 3.45. The van der Waals surface area contributed by atoms with E-state index in [1.54, 1.807) is 13.0 Å². The predicted molar refractivity (Wildman–Crippen MR) is 88.7 cm³/mol. The Hall–Kier alpha value is -3.06. The molecule has 0 aliphatic heterocycles. The fourth-order valence-electron chi connectivity index (χ4n) is 2.44. The molecule has 108 valence electrons. The lowest BCUT2D eigenvalue weighted by Crippen LogP contribution is -1.98. The number of nitrogens with zero attached hydrogens (tertiary/aromatic N) is 2. The molecule has 3 aromatic rings. The molecule has 0 amide bonds. The summed E-state index contributed by atoms with van der Waals surface area (Å²) in [6.45, 7) is 1.76. The van der Waals surface area contributed by atoms with Crippen LogP contribution in [0.5, 0.6) is 5.75 Å². The Balaban J connectivity index is 2.24. The van der Waals surface area contributed by atoms with Crippen molar-refractivity contribution in [1.29, 1.82) is 0 Å². The molecule has 0 unspecified atom stereocenters. The molecule has 22 heavy (non-hydrogen) atoms. The zero-order valence-electron chi connectivity index (χ0n) is 12.4. The molecule has 0 radical (unpaired) electrons. The molecule has 3 rings (SSSR count). The lowest BCUT2D eigenvalue weighted by atomic mass is 10.0. The maximum absolute atomic E-state index is 10.3. The highest BCUT2D eigenvalue weighted by Crippen LogP contribution is 2.34. The van der Waals surface area contributed by atoms with E-state index < -0.39 is 0 Å². The molecule has 0 fully saturated rings. The summed E-state index contributed by atoms with van der Waals surface area (Å²) in [7, 11) is 1.81. The van der Waals surface area contributed by atoms with Crippen molar-refractivity contribution >= 4 is 16.6 Å². The van der Waals surface area contributed by atoms with Crippen LogP contribution in [0.1, 0.15) is 12.5 Å². The Kier molecular flexibility index (Phi) is 3.63. The molecule has 1 aromatic heterocycles. The first-order valence-electron chi connectivity index (χ1n) is 6.94. The van der Waals surface area contributed by atoms with Gasteiger partial charge in [-0.05, 0) is 25.1 Å². The van der Waals surface area contributed by atoms with Crippen LogP contribution in [0.3, 0.4) is 0 Å². The Morgan fingerprint density at radius 1 is 1.05 bits per heavy atom. The highest BCUT2D eigenvalue weighted by molar-refractivity contribution is 6.00. The number of phenols is 1. The zero-order chi connectivity index (χ0) is 15.5. The van der Waals surface area contributed by atoms with E-state index in [0.717, 1.165) is 16.3 Å². The summed E-state index contributed by atoms with van der Waals surface area (Å²) in [6.07, 6.45) is 0. The van der Waals surface area contributed by atoms with Gasteiger partial charge in [-0.1, -0.05) is 30.2 Å². The van der Waals surface area contributed by atoms with Gasteiger partial charge in [0.05, 0.1) is 0 Å². The van der Waals surface area contributed by atoms with Crippen LogP contribution < -0.4 is 5.32 Å². The Morgan fingerprint density at radius 3 is 2.50 bits per heavy atom. The second-order valence-electron chi connectivity index (χ2n) is 4.80. The number of anilines is 1. The molecule has 1 heterocycles. The van der Waals surface area contributed by atoms with Gasteiger partial charge in [-0.3, -0.25) is 0 Å². The summed E-state index contributed by atoms with van der Waals surface area (Å²) in [5.74, 6) is 6.61. The number of benzene rings is 2. The molecule has 0 aliphatic rings. The van der Waals surface area contributed by atoms with E-state index in [2.05, 4.69) is 27.4 Å². The number of hydrogen-bond acceptors (Lipinski definition) is 4. The van der Waals surface area contributed by atoms with Gasteiger partial charge in [-0.2, -0.15) is 0 Å². The van der Waals surface area contributed by atoms with Crippen LogP contribution in [-0.4, -0.2) is 22.4 Å². The zero-order valence-corrected chi connectivity index (χ0v) is 12.4. The predicted octanol–water partition coefficient (Wildman–Crippen LogP) is 3.42. The summed E-state index contributed by atoms with van der Waals surface area (Å²) in [4.78, 5) is 0. The summed E-state index contributed by atoms with van der Waals surface area (Å²) in [6, 6.07) is 13.2. The van der Waals surface area contributed by atoms with E-state index >= 15 is 0 Å². The number of hydrogen-bond donors (Lipinski definition) is 2. The monoisotopic (exact) mass is 289 g/mol. The Labute approximate surface area is 128 Å². The standard InChI is InChI=1S/C18H15N3O/c1-3-6-12-9-10-15(16(22)11-12)17-13-7-4-5-8-14(13)18(19-2)21-20-17/h4-5,7-11,22H,1-2H3,(H,19,21). The third kappa shape index (κ3) is 2.33. The van der Waals surface area contributed by atoms with Crippen LogP contribution in [-0.2, 0) is 0 Å². The van der Waals surface area contributed by atoms with Gasteiger partial charge < -0.3 is 10.4 Å². The minimum absolute atomic E-state index is 0.150. The van der Waals surface area contributed by atoms with Gasteiger partial charge in [0.15, 0.2) is 5.82 Å².